The molecule has 0 aliphatic rings. The predicted octanol–water partition coefficient (Wildman–Crippen LogP) is 5.11. The van der Waals surface area contributed by atoms with Gasteiger partial charge in [-0.15, -0.1) is 0 Å². The minimum Gasteiger partial charge on any atom is -0.383 e. The van der Waals surface area contributed by atoms with Gasteiger partial charge in [-0.05, 0) is 44.6 Å². The van der Waals surface area contributed by atoms with Crippen molar-refractivity contribution < 1.29 is 13.9 Å². The summed E-state index contributed by atoms with van der Waals surface area (Å²) in [6, 6.07) is 9.60. The molecule has 0 saturated carbocycles. The highest BCUT2D eigenvalue weighted by molar-refractivity contribution is 9.10. The lowest BCUT2D eigenvalue weighted by Gasteiger charge is -2.26. The smallest absolute Gasteiger partial charge is 0.146 e. The van der Waals surface area contributed by atoms with Crippen LogP contribution in [0.15, 0.2) is 40.9 Å². The maximum Gasteiger partial charge on any atom is 0.146 e. The summed E-state index contributed by atoms with van der Waals surface area (Å²) in [6.45, 7) is 5.98. The van der Waals surface area contributed by atoms with E-state index < -0.39 is 17.7 Å². The highest BCUT2D eigenvalue weighted by Gasteiger charge is 2.26. The van der Waals surface area contributed by atoms with Crippen LogP contribution in [-0.2, 0) is 5.41 Å². The fraction of sp³-hybridized carbons (Fsp3) is 0.294. The zero-order valence-corrected chi connectivity index (χ0v) is 13.7. The van der Waals surface area contributed by atoms with Crippen molar-refractivity contribution in [2.24, 2.45) is 0 Å². The maximum atomic E-state index is 14.2. The summed E-state index contributed by atoms with van der Waals surface area (Å²) in [5.74, 6) is -1.53. The first-order chi connectivity index (χ1) is 9.73. The van der Waals surface area contributed by atoms with Crippen LogP contribution in [0.1, 0.15) is 43.6 Å². The first-order valence-corrected chi connectivity index (χ1v) is 7.43. The summed E-state index contributed by atoms with van der Waals surface area (Å²) in [4.78, 5) is 0. The zero-order chi connectivity index (χ0) is 15.8. The normalized spacial score (nSPS) is 13.3. The molecule has 1 unspecified atom stereocenters. The average Bonchev–Trinajstić information content (AvgIpc) is 2.42. The summed E-state index contributed by atoms with van der Waals surface area (Å²) in [5.41, 5.74) is 0.801. The Hall–Kier alpha value is -1.26. The van der Waals surface area contributed by atoms with E-state index >= 15 is 0 Å². The first-order valence-electron chi connectivity index (χ1n) is 6.64. The van der Waals surface area contributed by atoms with E-state index in [2.05, 4.69) is 15.9 Å². The Kier molecular flexibility index (Phi) is 4.49. The fourth-order valence-electron chi connectivity index (χ4n) is 2.37. The molecule has 0 amide bonds. The van der Waals surface area contributed by atoms with E-state index in [4.69, 9.17) is 0 Å². The van der Waals surface area contributed by atoms with E-state index in [0.29, 0.717) is 5.56 Å². The van der Waals surface area contributed by atoms with Crippen molar-refractivity contribution >= 4 is 15.9 Å². The summed E-state index contributed by atoms with van der Waals surface area (Å²) < 4.78 is 28.3. The van der Waals surface area contributed by atoms with Crippen LogP contribution in [0.25, 0.3) is 0 Å². The largest absolute Gasteiger partial charge is 0.383 e. The second-order valence-corrected chi connectivity index (χ2v) is 6.85. The minimum absolute atomic E-state index is 0.131. The van der Waals surface area contributed by atoms with Gasteiger partial charge in [0, 0.05) is 0 Å². The average molecular weight is 355 g/mol. The quantitative estimate of drug-likeness (QED) is 0.743. The molecule has 0 bridgehead atoms. The molecule has 2 aromatic carbocycles. The van der Waals surface area contributed by atoms with Crippen LogP contribution in [0.2, 0.25) is 0 Å². The van der Waals surface area contributed by atoms with Crippen molar-refractivity contribution in [1.82, 2.24) is 0 Å². The second kappa shape index (κ2) is 5.85. The molecule has 2 aromatic rings. The van der Waals surface area contributed by atoms with E-state index in [9.17, 15) is 13.9 Å². The highest BCUT2D eigenvalue weighted by atomic mass is 79.9. The number of aliphatic hydroxyl groups is 1. The van der Waals surface area contributed by atoms with Crippen LogP contribution >= 0.6 is 15.9 Å². The van der Waals surface area contributed by atoms with Crippen molar-refractivity contribution in [1.29, 1.82) is 0 Å². The second-order valence-electron chi connectivity index (χ2n) is 6.00. The molecule has 0 aliphatic heterocycles. The van der Waals surface area contributed by atoms with Crippen molar-refractivity contribution in [3.8, 4) is 0 Å². The number of hydrogen-bond donors (Lipinski definition) is 1. The van der Waals surface area contributed by atoms with Crippen LogP contribution in [0.3, 0.4) is 0 Å². The Morgan fingerprint density at radius 3 is 2.29 bits per heavy atom. The van der Waals surface area contributed by atoms with Gasteiger partial charge in [-0.1, -0.05) is 45.0 Å². The molecule has 0 radical (unpaired) electrons. The molecule has 1 nitrogen and oxygen atoms in total. The molecule has 21 heavy (non-hydrogen) atoms. The van der Waals surface area contributed by atoms with E-state index in [1.165, 1.54) is 6.07 Å². The van der Waals surface area contributed by atoms with Crippen molar-refractivity contribution in [3.63, 3.8) is 0 Å². The van der Waals surface area contributed by atoms with Gasteiger partial charge in [-0.2, -0.15) is 0 Å². The molecule has 2 rings (SSSR count). The van der Waals surface area contributed by atoms with Crippen LogP contribution in [0.4, 0.5) is 8.78 Å². The Morgan fingerprint density at radius 2 is 1.67 bits per heavy atom. The standard InChI is InChI=1S/C17H17BrF2O/c1-17(2,3)11-7-5-4-6-10(11)16(21)14-13(19)9-8-12(18)15(14)20/h4-9,16,21H,1-3H3. The SMILES string of the molecule is CC(C)(C)c1ccccc1C(O)c1c(F)ccc(Br)c1F. The topological polar surface area (TPSA) is 20.2 Å². The van der Waals surface area contributed by atoms with Crippen LogP contribution in [0.5, 0.6) is 0 Å². The van der Waals surface area contributed by atoms with E-state index in [1.54, 1.807) is 12.1 Å². The molecular formula is C17H17BrF2O. The Labute approximate surface area is 131 Å². The molecule has 1 N–H and O–H groups in total. The van der Waals surface area contributed by atoms with Gasteiger partial charge in [-0.3, -0.25) is 0 Å². The molecule has 0 aliphatic carbocycles. The Balaban J connectivity index is 2.62. The molecule has 0 saturated heterocycles. The van der Waals surface area contributed by atoms with E-state index in [1.807, 2.05) is 32.9 Å². The predicted molar refractivity (Wildman–Crippen MR) is 83.3 cm³/mol. The van der Waals surface area contributed by atoms with Crippen LogP contribution in [-0.4, -0.2) is 5.11 Å². The van der Waals surface area contributed by atoms with E-state index in [0.717, 1.165) is 11.6 Å². The summed E-state index contributed by atoms with van der Waals surface area (Å²) in [7, 11) is 0. The van der Waals surface area contributed by atoms with Crippen LogP contribution in [0, 0.1) is 11.6 Å². The molecule has 0 aromatic heterocycles. The summed E-state index contributed by atoms with van der Waals surface area (Å²) in [6.07, 6.45) is -1.35. The number of hydrogen-bond acceptors (Lipinski definition) is 1. The van der Waals surface area contributed by atoms with Gasteiger partial charge in [0.1, 0.15) is 17.7 Å². The van der Waals surface area contributed by atoms with Gasteiger partial charge < -0.3 is 5.11 Å². The number of halogens is 3. The lowest BCUT2D eigenvalue weighted by atomic mass is 9.81. The third kappa shape index (κ3) is 3.16. The first kappa shape index (κ1) is 16.1. The molecule has 0 fully saturated rings. The third-order valence-electron chi connectivity index (χ3n) is 3.42. The lowest BCUT2D eigenvalue weighted by Crippen LogP contribution is -2.17. The zero-order valence-electron chi connectivity index (χ0n) is 12.1. The fourth-order valence-corrected chi connectivity index (χ4v) is 2.71. The van der Waals surface area contributed by atoms with Gasteiger partial charge in [0.25, 0.3) is 0 Å². The van der Waals surface area contributed by atoms with Crippen molar-refractivity contribution in [2.75, 3.05) is 0 Å². The third-order valence-corrected chi connectivity index (χ3v) is 4.03. The molecule has 0 spiro atoms. The Bertz CT molecular complexity index is 662. The maximum absolute atomic E-state index is 14.2. The number of rotatable bonds is 2. The van der Waals surface area contributed by atoms with Gasteiger partial charge in [0.15, 0.2) is 0 Å². The molecule has 4 heteroatoms. The monoisotopic (exact) mass is 354 g/mol. The highest BCUT2D eigenvalue weighted by Crippen LogP contribution is 2.35. The molecule has 1 atom stereocenters. The van der Waals surface area contributed by atoms with Gasteiger partial charge in [0.2, 0.25) is 0 Å². The molecular weight excluding hydrogens is 338 g/mol. The van der Waals surface area contributed by atoms with Gasteiger partial charge >= 0.3 is 0 Å². The summed E-state index contributed by atoms with van der Waals surface area (Å²) in [5, 5.41) is 10.5. The van der Waals surface area contributed by atoms with Crippen molar-refractivity contribution in [2.45, 2.75) is 32.3 Å². The van der Waals surface area contributed by atoms with Gasteiger partial charge in [-0.25, -0.2) is 8.78 Å². The van der Waals surface area contributed by atoms with Crippen molar-refractivity contribution in [3.05, 3.63) is 69.2 Å². The number of benzene rings is 2. The van der Waals surface area contributed by atoms with E-state index in [-0.39, 0.29) is 15.5 Å². The Morgan fingerprint density at radius 1 is 1.05 bits per heavy atom. The molecule has 0 heterocycles. The minimum atomic E-state index is -1.35. The summed E-state index contributed by atoms with van der Waals surface area (Å²) >= 11 is 3.03. The van der Waals surface area contributed by atoms with Crippen LogP contribution < -0.4 is 0 Å². The lowest BCUT2D eigenvalue weighted by molar-refractivity contribution is 0.206. The van der Waals surface area contributed by atoms with Gasteiger partial charge in [0.05, 0.1) is 10.0 Å². The number of aliphatic hydroxyl groups excluding tert-OH is 1. The molecule has 112 valence electrons.